The Morgan fingerprint density at radius 1 is 0.778 bits per heavy atom. The average Bonchev–Trinajstić information content (AvgIpc) is 2.78. The molecule has 2 nitrogen and oxygen atoms in total. The second kappa shape index (κ2) is 3.26. The van der Waals surface area contributed by atoms with Gasteiger partial charge in [-0.05, 0) is 23.3 Å². The molecule has 4 rings (SSSR count). The zero-order valence-corrected chi connectivity index (χ0v) is 9.55. The normalized spacial score (nSPS) is 15.4. The third kappa shape index (κ3) is 1.12. The molecule has 0 atom stereocenters. The number of carbonyl (C=O) groups is 1. The highest BCUT2D eigenvalue weighted by Crippen LogP contribution is 2.36. The molecule has 1 amide bonds. The lowest BCUT2D eigenvalue weighted by Crippen LogP contribution is -2.14. The van der Waals surface area contributed by atoms with Crippen molar-refractivity contribution in [1.82, 2.24) is 0 Å². The minimum Gasteiger partial charge on any atom is -0.267 e. The van der Waals surface area contributed by atoms with Crippen molar-refractivity contribution in [1.29, 1.82) is 0 Å². The van der Waals surface area contributed by atoms with Gasteiger partial charge < -0.3 is 0 Å². The lowest BCUT2D eigenvalue weighted by atomic mass is 9.93. The minimum absolute atomic E-state index is 0.144. The van der Waals surface area contributed by atoms with Crippen LogP contribution in [0.1, 0.15) is 27.0 Å². The van der Waals surface area contributed by atoms with E-state index in [1.807, 2.05) is 42.5 Å². The first-order valence-corrected chi connectivity index (χ1v) is 5.88. The molecule has 2 heteroatoms. The summed E-state index contributed by atoms with van der Waals surface area (Å²) in [5.41, 5.74) is 5.75. The summed E-state index contributed by atoms with van der Waals surface area (Å²) in [6.07, 6.45) is 2.11. The van der Waals surface area contributed by atoms with Crippen LogP contribution in [0.15, 0.2) is 53.5 Å². The molecule has 2 aromatic rings. The van der Waals surface area contributed by atoms with E-state index in [-0.39, 0.29) is 5.91 Å². The van der Waals surface area contributed by atoms with Crippen molar-refractivity contribution in [3.8, 4) is 0 Å². The van der Waals surface area contributed by atoms with Gasteiger partial charge in [0.2, 0.25) is 0 Å². The molecule has 0 saturated carbocycles. The van der Waals surface area contributed by atoms with Crippen LogP contribution in [0.3, 0.4) is 0 Å². The van der Waals surface area contributed by atoms with Crippen molar-refractivity contribution in [2.75, 3.05) is 0 Å². The van der Waals surface area contributed by atoms with Gasteiger partial charge in [-0.2, -0.15) is 0 Å². The fraction of sp³-hybridized carbons (Fsp3) is 0. The Hall–Kier alpha value is -2.48. The van der Waals surface area contributed by atoms with Crippen LogP contribution in [0, 0.1) is 0 Å². The number of carbonyl (C=O) groups excluding carboxylic acids is 1. The zero-order chi connectivity index (χ0) is 12.1. The summed E-state index contributed by atoms with van der Waals surface area (Å²) in [5, 5.41) is 0. The van der Waals surface area contributed by atoms with E-state index in [0.717, 1.165) is 28.0 Å². The maximum Gasteiger partial charge on any atom is 0.278 e. The number of amides is 1. The highest BCUT2D eigenvalue weighted by Gasteiger charge is 2.29. The average molecular weight is 231 g/mol. The third-order valence-electron chi connectivity index (χ3n) is 3.43. The molecular weight excluding hydrogens is 222 g/mol. The van der Waals surface area contributed by atoms with Crippen molar-refractivity contribution >= 4 is 23.3 Å². The van der Waals surface area contributed by atoms with Crippen molar-refractivity contribution in [2.45, 2.75) is 0 Å². The molecule has 0 aromatic heterocycles. The van der Waals surface area contributed by atoms with E-state index >= 15 is 0 Å². The number of fused-ring (bicyclic) bond motifs is 5. The Morgan fingerprint density at radius 3 is 2.28 bits per heavy atom. The predicted molar refractivity (Wildman–Crippen MR) is 71.6 cm³/mol. The Kier molecular flexibility index (Phi) is 1.73. The molecule has 84 valence electrons. The molecule has 1 aliphatic carbocycles. The molecule has 2 aliphatic rings. The molecule has 0 bridgehead atoms. The van der Waals surface area contributed by atoms with E-state index in [0.29, 0.717) is 5.56 Å². The van der Waals surface area contributed by atoms with Gasteiger partial charge in [-0.25, -0.2) is 4.99 Å². The lowest BCUT2D eigenvalue weighted by Gasteiger charge is -2.14. The molecule has 0 unspecified atom stereocenters. The summed E-state index contributed by atoms with van der Waals surface area (Å²) >= 11 is 0. The monoisotopic (exact) mass is 231 g/mol. The number of hydrogen-bond donors (Lipinski definition) is 0. The second-order valence-electron chi connectivity index (χ2n) is 4.46. The number of nitrogens with zero attached hydrogens (tertiary/aromatic N) is 1. The van der Waals surface area contributed by atoms with Crippen LogP contribution in [-0.2, 0) is 0 Å². The Morgan fingerprint density at radius 2 is 1.44 bits per heavy atom. The van der Waals surface area contributed by atoms with Gasteiger partial charge in [-0.15, -0.1) is 0 Å². The summed E-state index contributed by atoms with van der Waals surface area (Å²) in [7, 11) is 0. The number of rotatable bonds is 0. The number of aliphatic imine (C=N–C) groups is 1. The van der Waals surface area contributed by atoms with Crippen LogP contribution < -0.4 is 0 Å². The summed E-state index contributed by atoms with van der Waals surface area (Å²) in [5.74, 6) is -0.144. The fourth-order valence-electron chi connectivity index (χ4n) is 2.60. The van der Waals surface area contributed by atoms with E-state index in [1.54, 1.807) is 0 Å². The van der Waals surface area contributed by atoms with Crippen molar-refractivity contribution in [3.63, 3.8) is 0 Å². The third-order valence-corrected chi connectivity index (χ3v) is 3.43. The molecule has 0 saturated heterocycles. The van der Waals surface area contributed by atoms with Crippen LogP contribution >= 0.6 is 0 Å². The van der Waals surface area contributed by atoms with Gasteiger partial charge >= 0.3 is 0 Å². The molecule has 1 aliphatic heterocycles. The van der Waals surface area contributed by atoms with E-state index in [9.17, 15) is 4.79 Å². The number of allylic oxidation sites excluding steroid dienone is 1. The van der Waals surface area contributed by atoms with Crippen molar-refractivity contribution in [3.05, 3.63) is 70.8 Å². The Labute approximate surface area is 104 Å². The van der Waals surface area contributed by atoms with Crippen molar-refractivity contribution in [2.24, 2.45) is 4.99 Å². The first kappa shape index (κ1) is 9.54. The van der Waals surface area contributed by atoms with E-state index in [4.69, 9.17) is 0 Å². The van der Waals surface area contributed by atoms with Gasteiger partial charge in [0.1, 0.15) is 0 Å². The van der Waals surface area contributed by atoms with Crippen molar-refractivity contribution < 1.29 is 4.79 Å². The van der Waals surface area contributed by atoms with Gasteiger partial charge in [-0.1, -0.05) is 42.5 Å². The Balaban J connectivity index is 2.05. The van der Waals surface area contributed by atoms with Crippen LogP contribution in [-0.4, -0.2) is 11.6 Å². The van der Waals surface area contributed by atoms with Crippen LogP contribution in [0.5, 0.6) is 0 Å². The quantitative estimate of drug-likeness (QED) is 0.684. The highest BCUT2D eigenvalue weighted by atomic mass is 16.1. The Bertz CT molecular complexity index is 753. The second-order valence-corrected chi connectivity index (χ2v) is 4.46. The number of hydrogen-bond acceptors (Lipinski definition) is 1. The number of benzene rings is 2. The fourth-order valence-corrected chi connectivity index (χ4v) is 2.60. The summed E-state index contributed by atoms with van der Waals surface area (Å²) < 4.78 is 0. The molecule has 0 N–H and O–H groups in total. The van der Waals surface area contributed by atoms with E-state index in [1.165, 1.54) is 0 Å². The van der Waals surface area contributed by atoms with Crippen LogP contribution in [0.25, 0.3) is 11.6 Å². The molecule has 2 aromatic carbocycles. The van der Waals surface area contributed by atoms with Gasteiger partial charge in [-0.3, -0.25) is 4.79 Å². The molecule has 18 heavy (non-hydrogen) atoms. The molecule has 0 radical (unpaired) electrons. The van der Waals surface area contributed by atoms with Crippen LogP contribution in [0.2, 0.25) is 0 Å². The topological polar surface area (TPSA) is 29.4 Å². The molecule has 1 heterocycles. The largest absolute Gasteiger partial charge is 0.278 e. The highest BCUT2D eigenvalue weighted by molar-refractivity contribution is 6.44. The maximum absolute atomic E-state index is 12.0. The van der Waals surface area contributed by atoms with Gasteiger partial charge in [0.15, 0.2) is 0 Å². The summed E-state index contributed by atoms with van der Waals surface area (Å²) in [6.45, 7) is 0. The SMILES string of the molecule is O=C1N=C2C(=Cc3ccccc32)c2ccccc21. The van der Waals surface area contributed by atoms with Gasteiger partial charge in [0.05, 0.1) is 5.71 Å². The predicted octanol–water partition coefficient (Wildman–Crippen LogP) is 3.18. The van der Waals surface area contributed by atoms with Crippen LogP contribution in [0.4, 0.5) is 0 Å². The summed E-state index contributed by atoms with van der Waals surface area (Å²) in [6, 6.07) is 15.7. The summed E-state index contributed by atoms with van der Waals surface area (Å²) in [4.78, 5) is 16.3. The molecular formula is C16H9NO. The first-order valence-electron chi connectivity index (χ1n) is 5.88. The van der Waals surface area contributed by atoms with E-state index < -0.39 is 0 Å². The first-order chi connectivity index (χ1) is 8.84. The molecule has 0 fully saturated rings. The van der Waals surface area contributed by atoms with Gasteiger partial charge in [0, 0.05) is 16.7 Å². The lowest BCUT2D eigenvalue weighted by molar-refractivity contribution is 0.100. The van der Waals surface area contributed by atoms with E-state index in [2.05, 4.69) is 17.1 Å². The smallest absolute Gasteiger partial charge is 0.267 e. The van der Waals surface area contributed by atoms with Gasteiger partial charge in [0.25, 0.3) is 5.91 Å². The standard InChI is InChI=1S/C16H9NO/c18-16-13-8-4-3-7-12(13)14-9-10-5-1-2-6-11(10)15(14)17-16/h1-9H. The minimum atomic E-state index is -0.144. The molecule has 0 spiro atoms. The maximum atomic E-state index is 12.0. The zero-order valence-electron chi connectivity index (χ0n) is 9.55.